The van der Waals surface area contributed by atoms with E-state index >= 15 is 0 Å². The van der Waals surface area contributed by atoms with E-state index in [0.29, 0.717) is 5.91 Å². The number of aryl methyl sites for hydroxylation is 2. The fourth-order valence-corrected chi connectivity index (χ4v) is 4.48. The first-order valence-corrected chi connectivity index (χ1v) is 10.3. The molecule has 1 saturated heterocycles. The van der Waals surface area contributed by atoms with E-state index < -0.39 is 0 Å². The number of benzene rings is 2. The Balaban J connectivity index is 1.47. The van der Waals surface area contributed by atoms with Crippen LogP contribution in [0, 0.1) is 13.8 Å². The third-order valence-electron chi connectivity index (χ3n) is 6.15. The molecule has 1 saturated carbocycles. The molecule has 4 nitrogen and oxygen atoms in total. The van der Waals surface area contributed by atoms with Crippen molar-refractivity contribution in [2.24, 2.45) is 0 Å². The van der Waals surface area contributed by atoms with Gasteiger partial charge in [0.25, 0.3) is 0 Å². The second-order valence-electron chi connectivity index (χ2n) is 8.29. The molecular weight excluding hydrogens is 348 g/mol. The van der Waals surface area contributed by atoms with Crippen LogP contribution in [0.25, 0.3) is 0 Å². The zero-order valence-electron chi connectivity index (χ0n) is 17.2. The summed E-state index contributed by atoms with van der Waals surface area (Å²) in [7, 11) is 1.69. The summed E-state index contributed by atoms with van der Waals surface area (Å²) in [5, 5.41) is 0. The minimum Gasteiger partial charge on any atom is -0.497 e. The maximum absolute atomic E-state index is 13.5. The van der Waals surface area contributed by atoms with Crippen molar-refractivity contribution in [1.29, 1.82) is 0 Å². The number of hydrogen-bond donors (Lipinski definition) is 0. The predicted molar refractivity (Wildman–Crippen MR) is 113 cm³/mol. The van der Waals surface area contributed by atoms with E-state index in [0.717, 1.165) is 51.2 Å². The summed E-state index contributed by atoms with van der Waals surface area (Å²) < 4.78 is 5.26. The van der Waals surface area contributed by atoms with Crippen molar-refractivity contribution in [3.63, 3.8) is 0 Å². The Kier molecular flexibility index (Phi) is 5.05. The summed E-state index contributed by atoms with van der Waals surface area (Å²) in [6, 6.07) is 14.8. The molecule has 1 aliphatic heterocycles. The monoisotopic (exact) mass is 378 g/mol. The van der Waals surface area contributed by atoms with Gasteiger partial charge >= 0.3 is 0 Å². The Hall–Kier alpha value is -2.49. The largest absolute Gasteiger partial charge is 0.497 e. The summed E-state index contributed by atoms with van der Waals surface area (Å²) >= 11 is 0. The maximum atomic E-state index is 13.5. The van der Waals surface area contributed by atoms with Gasteiger partial charge in [-0.2, -0.15) is 0 Å². The van der Waals surface area contributed by atoms with E-state index in [9.17, 15) is 4.79 Å². The molecule has 2 aromatic carbocycles. The maximum Gasteiger partial charge on any atom is 0.233 e. The molecule has 0 bridgehead atoms. The molecule has 2 aromatic rings. The fourth-order valence-electron chi connectivity index (χ4n) is 4.48. The Morgan fingerprint density at radius 3 is 2.21 bits per heavy atom. The molecule has 28 heavy (non-hydrogen) atoms. The van der Waals surface area contributed by atoms with Gasteiger partial charge in [0.2, 0.25) is 5.91 Å². The van der Waals surface area contributed by atoms with Gasteiger partial charge in [0.05, 0.1) is 12.5 Å². The van der Waals surface area contributed by atoms with E-state index in [1.165, 1.54) is 22.4 Å². The minimum absolute atomic E-state index is 0.272. The number of carbonyl (C=O) groups excluding carboxylic acids is 1. The van der Waals surface area contributed by atoms with Crippen LogP contribution in [0.4, 0.5) is 5.69 Å². The summed E-state index contributed by atoms with van der Waals surface area (Å²) in [6.45, 7) is 7.73. The average molecular weight is 379 g/mol. The van der Waals surface area contributed by atoms with Gasteiger partial charge in [-0.3, -0.25) is 4.79 Å². The van der Waals surface area contributed by atoms with Gasteiger partial charge in [0, 0.05) is 31.9 Å². The van der Waals surface area contributed by atoms with Gasteiger partial charge in [-0.1, -0.05) is 29.3 Å². The molecule has 0 N–H and O–H groups in total. The molecule has 0 atom stereocenters. The molecule has 4 rings (SSSR count). The van der Waals surface area contributed by atoms with Gasteiger partial charge in [0.15, 0.2) is 0 Å². The lowest BCUT2D eigenvalue weighted by Gasteiger charge is -2.27. The second kappa shape index (κ2) is 7.50. The van der Waals surface area contributed by atoms with Crippen molar-refractivity contribution < 1.29 is 9.53 Å². The molecule has 1 aliphatic carbocycles. The molecule has 4 heteroatoms. The highest BCUT2D eigenvalue weighted by atomic mass is 16.5. The smallest absolute Gasteiger partial charge is 0.233 e. The van der Waals surface area contributed by atoms with Gasteiger partial charge < -0.3 is 14.5 Å². The number of amides is 1. The molecule has 0 aromatic heterocycles. The Morgan fingerprint density at radius 1 is 0.929 bits per heavy atom. The highest BCUT2D eigenvalue weighted by Crippen LogP contribution is 2.50. The number of methoxy groups -OCH3 is 1. The number of carbonyl (C=O) groups is 1. The third kappa shape index (κ3) is 3.60. The van der Waals surface area contributed by atoms with Crippen LogP contribution in [0.3, 0.4) is 0 Å². The van der Waals surface area contributed by atoms with Crippen LogP contribution in [0.5, 0.6) is 5.75 Å². The van der Waals surface area contributed by atoms with Crippen molar-refractivity contribution in [3.8, 4) is 5.75 Å². The lowest BCUT2D eigenvalue weighted by atomic mass is 9.91. The van der Waals surface area contributed by atoms with Crippen molar-refractivity contribution >= 4 is 11.6 Å². The lowest BCUT2D eigenvalue weighted by Crippen LogP contribution is -2.41. The SMILES string of the molecule is COc1ccc(N2CCCN(C(=O)C3(c4cc(C)cc(C)c4)CC3)CC2)cc1. The summed E-state index contributed by atoms with van der Waals surface area (Å²) in [5.41, 5.74) is 4.63. The topological polar surface area (TPSA) is 32.8 Å². The molecule has 1 amide bonds. The third-order valence-corrected chi connectivity index (χ3v) is 6.15. The number of anilines is 1. The Labute approximate surface area is 168 Å². The quantitative estimate of drug-likeness (QED) is 0.804. The van der Waals surface area contributed by atoms with E-state index in [-0.39, 0.29) is 5.41 Å². The van der Waals surface area contributed by atoms with Gasteiger partial charge in [-0.15, -0.1) is 0 Å². The van der Waals surface area contributed by atoms with Crippen molar-refractivity contribution in [3.05, 3.63) is 59.2 Å². The standard InChI is InChI=1S/C24H30N2O2/c1-18-15-19(2)17-20(16-18)24(9-10-24)23(27)26-12-4-11-25(13-14-26)21-5-7-22(28-3)8-6-21/h5-8,15-17H,4,9-14H2,1-3H3. The zero-order valence-corrected chi connectivity index (χ0v) is 17.2. The average Bonchev–Trinajstić information content (AvgIpc) is 3.51. The van der Waals surface area contributed by atoms with Crippen LogP contribution in [-0.4, -0.2) is 44.1 Å². The van der Waals surface area contributed by atoms with Gasteiger partial charge in [0.1, 0.15) is 5.75 Å². The number of hydrogen-bond acceptors (Lipinski definition) is 3. The molecule has 148 valence electrons. The van der Waals surface area contributed by atoms with Crippen molar-refractivity contribution in [2.45, 2.75) is 38.5 Å². The van der Waals surface area contributed by atoms with Crippen LogP contribution in [-0.2, 0) is 10.2 Å². The van der Waals surface area contributed by atoms with Gasteiger partial charge in [-0.25, -0.2) is 0 Å². The highest BCUT2D eigenvalue weighted by Gasteiger charge is 2.53. The minimum atomic E-state index is -0.272. The first-order valence-electron chi connectivity index (χ1n) is 10.3. The molecular formula is C24H30N2O2. The summed E-state index contributed by atoms with van der Waals surface area (Å²) in [5.74, 6) is 1.20. The first kappa shape index (κ1) is 18.9. The van der Waals surface area contributed by atoms with Crippen molar-refractivity contribution in [2.75, 3.05) is 38.2 Å². The van der Waals surface area contributed by atoms with Crippen molar-refractivity contribution in [1.82, 2.24) is 4.90 Å². The predicted octanol–water partition coefficient (Wildman–Crippen LogP) is 4.08. The van der Waals surface area contributed by atoms with Gasteiger partial charge in [-0.05, 0) is 62.9 Å². The molecule has 0 spiro atoms. The van der Waals surface area contributed by atoms with Crippen LogP contribution < -0.4 is 9.64 Å². The van der Waals surface area contributed by atoms with Crippen LogP contribution in [0.15, 0.2) is 42.5 Å². The van der Waals surface area contributed by atoms with Crippen LogP contribution >= 0.6 is 0 Å². The normalized spacial score (nSPS) is 18.5. The summed E-state index contributed by atoms with van der Waals surface area (Å²) in [4.78, 5) is 18.0. The second-order valence-corrected chi connectivity index (χ2v) is 8.29. The lowest BCUT2D eigenvalue weighted by molar-refractivity contribution is -0.133. The Bertz CT molecular complexity index is 835. The summed E-state index contributed by atoms with van der Waals surface area (Å²) in [6.07, 6.45) is 2.96. The van der Waals surface area contributed by atoms with E-state index in [2.05, 4.69) is 54.0 Å². The number of rotatable bonds is 4. The fraction of sp³-hybridized carbons (Fsp3) is 0.458. The number of nitrogens with zero attached hydrogens (tertiary/aromatic N) is 2. The van der Waals surface area contributed by atoms with Crippen LogP contribution in [0.1, 0.15) is 36.0 Å². The molecule has 0 radical (unpaired) electrons. The number of ether oxygens (including phenoxy) is 1. The molecule has 0 unspecified atom stereocenters. The molecule has 1 heterocycles. The van der Waals surface area contributed by atoms with E-state index in [1.807, 2.05) is 12.1 Å². The molecule has 2 aliphatic rings. The highest BCUT2D eigenvalue weighted by molar-refractivity contribution is 5.91. The first-order chi connectivity index (χ1) is 13.5. The van der Waals surface area contributed by atoms with Crippen LogP contribution in [0.2, 0.25) is 0 Å². The van der Waals surface area contributed by atoms with E-state index in [4.69, 9.17) is 4.74 Å². The van der Waals surface area contributed by atoms with E-state index in [1.54, 1.807) is 7.11 Å². The Morgan fingerprint density at radius 2 is 1.61 bits per heavy atom. The molecule has 2 fully saturated rings. The zero-order chi connectivity index (χ0) is 19.7.